The van der Waals surface area contributed by atoms with Gasteiger partial charge in [-0.3, -0.25) is 4.79 Å². The lowest BCUT2D eigenvalue weighted by Gasteiger charge is -2.15. The Morgan fingerprint density at radius 1 is 1.03 bits per heavy atom. The first-order valence-electron chi connectivity index (χ1n) is 10.5. The van der Waals surface area contributed by atoms with E-state index in [0.717, 1.165) is 22.4 Å². The fourth-order valence-corrected chi connectivity index (χ4v) is 4.24. The molecule has 1 atom stereocenters. The SMILES string of the molecule is C[C@@H](NC(=O)Cc1cn(-c2ccccc2)nc1-c1ccc(Cl)cc1)c1ccc(S(N)(=O)=O)cc1. The molecule has 1 heterocycles. The van der Waals surface area contributed by atoms with Gasteiger partial charge in [-0.25, -0.2) is 18.2 Å². The summed E-state index contributed by atoms with van der Waals surface area (Å²) in [5.74, 6) is -0.189. The highest BCUT2D eigenvalue weighted by molar-refractivity contribution is 7.89. The highest BCUT2D eigenvalue weighted by atomic mass is 35.5. The third-order valence-corrected chi connectivity index (χ3v) is 6.55. The molecule has 1 aromatic heterocycles. The summed E-state index contributed by atoms with van der Waals surface area (Å²) in [4.78, 5) is 12.9. The molecule has 0 aliphatic rings. The second kappa shape index (κ2) is 9.80. The second-order valence-corrected chi connectivity index (χ2v) is 9.87. The molecular formula is C25H23ClN4O3S. The summed E-state index contributed by atoms with van der Waals surface area (Å²) in [5, 5.41) is 13.5. The number of nitrogens with two attached hydrogens (primary N) is 1. The lowest BCUT2D eigenvalue weighted by molar-refractivity contribution is -0.121. The molecule has 0 saturated carbocycles. The van der Waals surface area contributed by atoms with Crippen LogP contribution in [0.4, 0.5) is 0 Å². The second-order valence-electron chi connectivity index (χ2n) is 7.87. The number of benzene rings is 3. The van der Waals surface area contributed by atoms with E-state index in [1.54, 1.807) is 28.9 Å². The molecule has 0 saturated heterocycles. The summed E-state index contributed by atoms with van der Waals surface area (Å²) in [6.07, 6.45) is 1.97. The average molecular weight is 495 g/mol. The van der Waals surface area contributed by atoms with E-state index in [2.05, 4.69) is 5.32 Å². The number of nitrogens with zero attached hydrogens (tertiary/aromatic N) is 2. The van der Waals surface area contributed by atoms with E-state index in [-0.39, 0.29) is 23.3 Å². The highest BCUT2D eigenvalue weighted by Crippen LogP contribution is 2.26. The minimum absolute atomic E-state index is 0.0238. The Hall–Kier alpha value is -3.46. The van der Waals surface area contributed by atoms with E-state index in [0.29, 0.717) is 10.7 Å². The van der Waals surface area contributed by atoms with Crippen molar-refractivity contribution in [3.8, 4) is 16.9 Å². The number of carbonyl (C=O) groups excluding carboxylic acids is 1. The third kappa shape index (κ3) is 5.53. The molecule has 0 unspecified atom stereocenters. The van der Waals surface area contributed by atoms with Crippen molar-refractivity contribution in [1.82, 2.24) is 15.1 Å². The van der Waals surface area contributed by atoms with Crippen LogP contribution in [0.2, 0.25) is 5.02 Å². The molecule has 0 fully saturated rings. The van der Waals surface area contributed by atoms with Crippen molar-refractivity contribution in [2.45, 2.75) is 24.3 Å². The van der Waals surface area contributed by atoms with E-state index in [1.165, 1.54) is 12.1 Å². The first-order valence-corrected chi connectivity index (χ1v) is 12.4. The fourth-order valence-electron chi connectivity index (χ4n) is 3.60. The minimum atomic E-state index is -3.77. The number of carbonyl (C=O) groups is 1. The van der Waals surface area contributed by atoms with Crippen LogP contribution in [0.5, 0.6) is 0 Å². The summed E-state index contributed by atoms with van der Waals surface area (Å²) >= 11 is 6.04. The summed E-state index contributed by atoms with van der Waals surface area (Å²) in [6, 6.07) is 22.8. The highest BCUT2D eigenvalue weighted by Gasteiger charge is 2.18. The monoisotopic (exact) mass is 494 g/mol. The van der Waals surface area contributed by atoms with Crippen LogP contribution >= 0.6 is 11.6 Å². The number of hydrogen-bond donors (Lipinski definition) is 2. The molecule has 3 N–H and O–H groups in total. The number of nitrogens with one attached hydrogen (secondary N) is 1. The van der Waals surface area contributed by atoms with Gasteiger partial charge in [-0.05, 0) is 48.9 Å². The Kier molecular flexibility index (Phi) is 6.83. The summed E-state index contributed by atoms with van der Waals surface area (Å²) in [6.45, 7) is 1.83. The van der Waals surface area contributed by atoms with Gasteiger partial charge in [0.2, 0.25) is 15.9 Å². The lowest BCUT2D eigenvalue weighted by Crippen LogP contribution is -2.28. The maximum Gasteiger partial charge on any atom is 0.238 e. The van der Waals surface area contributed by atoms with Crippen LogP contribution in [-0.2, 0) is 21.2 Å². The number of aromatic nitrogens is 2. The molecule has 0 aliphatic heterocycles. The van der Waals surface area contributed by atoms with E-state index >= 15 is 0 Å². The number of hydrogen-bond acceptors (Lipinski definition) is 4. The van der Waals surface area contributed by atoms with Crippen LogP contribution in [0.25, 0.3) is 16.9 Å². The van der Waals surface area contributed by atoms with E-state index in [9.17, 15) is 13.2 Å². The predicted octanol–water partition coefficient (Wildman–Crippen LogP) is 4.26. The summed E-state index contributed by atoms with van der Waals surface area (Å²) < 4.78 is 24.7. The van der Waals surface area contributed by atoms with E-state index < -0.39 is 10.0 Å². The Labute approximate surface area is 203 Å². The van der Waals surface area contributed by atoms with Gasteiger partial charge in [-0.15, -0.1) is 0 Å². The molecule has 1 amide bonds. The molecular weight excluding hydrogens is 472 g/mol. The zero-order valence-corrected chi connectivity index (χ0v) is 19.9. The van der Waals surface area contributed by atoms with E-state index in [1.807, 2.05) is 55.6 Å². The molecule has 174 valence electrons. The van der Waals surface area contributed by atoms with Gasteiger partial charge in [0.15, 0.2) is 0 Å². The quantitative estimate of drug-likeness (QED) is 0.400. The molecule has 0 bridgehead atoms. The number of rotatable bonds is 7. The Bertz CT molecular complexity index is 1400. The van der Waals surface area contributed by atoms with Gasteiger partial charge in [-0.2, -0.15) is 5.10 Å². The van der Waals surface area contributed by atoms with Crippen LogP contribution in [-0.4, -0.2) is 24.1 Å². The average Bonchev–Trinajstić information content (AvgIpc) is 3.23. The minimum Gasteiger partial charge on any atom is -0.349 e. The number of amides is 1. The van der Waals surface area contributed by atoms with Gasteiger partial charge in [0.25, 0.3) is 0 Å². The number of sulfonamides is 1. The molecule has 3 aromatic carbocycles. The van der Waals surface area contributed by atoms with Crippen molar-refractivity contribution in [3.05, 3.63) is 101 Å². The number of primary sulfonamides is 1. The van der Waals surface area contributed by atoms with Crippen molar-refractivity contribution in [2.24, 2.45) is 5.14 Å². The maximum atomic E-state index is 12.9. The predicted molar refractivity (Wildman–Crippen MR) is 132 cm³/mol. The number of halogens is 1. The zero-order valence-electron chi connectivity index (χ0n) is 18.4. The van der Waals surface area contributed by atoms with Gasteiger partial charge >= 0.3 is 0 Å². The zero-order chi connectivity index (χ0) is 24.3. The molecule has 4 rings (SSSR count). The van der Waals surface area contributed by atoms with Crippen molar-refractivity contribution >= 4 is 27.5 Å². The van der Waals surface area contributed by atoms with Crippen molar-refractivity contribution in [2.75, 3.05) is 0 Å². The van der Waals surface area contributed by atoms with Crippen LogP contribution in [0.3, 0.4) is 0 Å². The Balaban J connectivity index is 1.56. The van der Waals surface area contributed by atoms with Gasteiger partial charge in [0.1, 0.15) is 0 Å². The van der Waals surface area contributed by atoms with Crippen LogP contribution in [0.1, 0.15) is 24.1 Å². The molecule has 9 heteroatoms. The molecule has 34 heavy (non-hydrogen) atoms. The van der Waals surface area contributed by atoms with Gasteiger partial charge < -0.3 is 5.32 Å². The standard InChI is InChI=1S/C25H23ClN4O3S/c1-17(18-9-13-23(14-10-18)34(27,32)33)28-24(31)15-20-16-30(22-5-3-2-4-6-22)29-25(20)19-7-11-21(26)12-8-19/h2-14,16-17H,15H2,1H3,(H,28,31)(H2,27,32,33)/t17-/m1/s1. The Morgan fingerprint density at radius 3 is 2.29 bits per heavy atom. The lowest BCUT2D eigenvalue weighted by atomic mass is 10.0. The van der Waals surface area contributed by atoms with Crippen molar-refractivity contribution < 1.29 is 13.2 Å². The van der Waals surface area contributed by atoms with Gasteiger partial charge in [0.05, 0.1) is 28.7 Å². The van der Waals surface area contributed by atoms with Crippen LogP contribution < -0.4 is 10.5 Å². The normalized spacial score (nSPS) is 12.3. The van der Waals surface area contributed by atoms with Gasteiger partial charge in [0, 0.05) is 22.3 Å². The first-order chi connectivity index (χ1) is 16.2. The summed E-state index contributed by atoms with van der Waals surface area (Å²) in [7, 11) is -3.77. The van der Waals surface area contributed by atoms with Crippen molar-refractivity contribution in [1.29, 1.82) is 0 Å². The molecule has 4 aromatic rings. The largest absolute Gasteiger partial charge is 0.349 e. The third-order valence-electron chi connectivity index (χ3n) is 5.37. The number of para-hydroxylation sites is 1. The topological polar surface area (TPSA) is 107 Å². The smallest absolute Gasteiger partial charge is 0.238 e. The van der Waals surface area contributed by atoms with Crippen LogP contribution in [0.15, 0.2) is 90.0 Å². The fraction of sp³-hybridized carbons (Fsp3) is 0.120. The molecule has 0 aliphatic carbocycles. The first kappa shape index (κ1) is 23.7. The van der Waals surface area contributed by atoms with Crippen molar-refractivity contribution in [3.63, 3.8) is 0 Å². The molecule has 7 nitrogen and oxygen atoms in total. The Morgan fingerprint density at radius 2 is 1.68 bits per heavy atom. The van der Waals surface area contributed by atoms with E-state index in [4.69, 9.17) is 21.8 Å². The summed E-state index contributed by atoms with van der Waals surface area (Å²) in [5.41, 5.74) is 3.96. The van der Waals surface area contributed by atoms with Crippen LogP contribution in [0, 0.1) is 0 Å². The van der Waals surface area contributed by atoms with Gasteiger partial charge in [-0.1, -0.05) is 54.1 Å². The molecule has 0 spiro atoms. The molecule has 0 radical (unpaired) electrons. The maximum absolute atomic E-state index is 12.9.